The summed E-state index contributed by atoms with van der Waals surface area (Å²) in [6, 6.07) is 11.8. The first-order valence-electron chi connectivity index (χ1n) is 13.9. The molecule has 0 saturated heterocycles. The smallest absolute Gasteiger partial charge is 0.0964 e. The van der Waals surface area contributed by atoms with Crippen LogP contribution in [-0.4, -0.2) is 59.3 Å². The van der Waals surface area contributed by atoms with Crippen molar-refractivity contribution in [2.45, 2.75) is 77.2 Å². The van der Waals surface area contributed by atoms with E-state index in [1.807, 2.05) is 0 Å². The molecule has 0 aliphatic heterocycles. The van der Waals surface area contributed by atoms with Crippen LogP contribution in [0.2, 0.25) is 0 Å². The molecular weight excluding hydrogens is 428 g/mol. The van der Waals surface area contributed by atoms with E-state index in [1.54, 1.807) is 11.1 Å². The van der Waals surface area contributed by atoms with E-state index in [2.05, 4.69) is 73.2 Å². The number of benzene rings is 1. The standard InChI is InChI=1S/C31H42N4/c1-4-35(5-2)21-20-34(3)26-17-16-24-12-9-15-29(27(24)19-18-26)30-22-25-13-8-11-23-10-6-7-14-28(23)31(25)33-32-30/h6-7,9-10,12,14,22,26,29H,4-5,8,11,13,15-21H2,1-3H3. The molecule has 3 aliphatic carbocycles. The average molecular weight is 471 g/mol. The van der Waals surface area contributed by atoms with Crippen molar-refractivity contribution in [1.29, 1.82) is 0 Å². The molecule has 0 spiro atoms. The summed E-state index contributed by atoms with van der Waals surface area (Å²) in [5.41, 5.74) is 9.59. The predicted octanol–water partition coefficient (Wildman–Crippen LogP) is 6.19. The molecule has 0 radical (unpaired) electrons. The van der Waals surface area contributed by atoms with Crippen molar-refractivity contribution >= 4 is 0 Å². The highest BCUT2D eigenvalue weighted by molar-refractivity contribution is 5.67. The highest BCUT2D eigenvalue weighted by Gasteiger charge is 2.29. The number of likely N-dealkylation sites (N-methyl/N-ethyl adjacent to an activating group) is 2. The van der Waals surface area contributed by atoms with Crippen LogP contribution >= 0.6 is 0 Å². The minimum absolute atomic E-state index is 0.394. The lowest BCUT2D eigenvalue weighted by Crippen LogP contribution is -2.38. The van der Waals surface area contributed by atoms with E-state index in [0.717, 1.165) is 44.6 Å². The van der Waals surface area contributed by atoms with E-state index in [-0.39, 0.29) is 0 Å². The maximum Gasteiger partial charge on any atom is 0.0964 e. The largest absolute Gasteiger partial charge is 0.303 e. The molecule has 4 heteroatoms. The van der Waals surface area contributed by atoms with Gasteiger partial charge in [0, 0.05) is 30.6 Å². The minimum atomic E-state index is 0.394. The zero-order valence-corrected chi connectivity index (χ0v) is 22.0. The lowest BCUT2D eigenvalue weighted by molar-refractivity contribution is 0.184. The number of rotatable bonds is 7. The topological polar surface area (TPSA) is 32.3 Å². The molecule has 35 heavy (non-hydrogen) atoms. The monoisotopic (exact) mass is 470 g/mol. The van der Waals surface area contributed by atoms with Gasteiger partial charge in [0.1, 0.15) is 0 Å². The van der Waals surface area contributed by atoms with Gasteiger partial charge in [0.05, 0.1) is 11.4 Å². The highest BCUT2D eigenvalue weighted by Crippen LogP contribution is 2.41. The van der Waals surface area contributed by atoms with E-state index in [1.165, 1.54) is 61.0 Å². The van der Waals surface area contributed by atoms with E-state index in [9.17, 15) is 0 Å². The van der Waals surface area contributed by atoms with E-state index in [4.69, 9.17) is 10.2 Å². The zero-order valence-electron chi connectivity index (χ0n) is 22.0. The molecule has 3 aliphatic rings. The van der Waals surface area contributed by atoms with Crippen molar-refractivity contribution in [2.24, 2.45) is 0 Å². The second-order valence-electron chi connectivity index (χ2n) is 10.6. The molecule has 4 nitrogen and oxygen atoms in total. The van der Waals surface area contributed by atoms with Crippen molar-refractivity contribution in [3.05, 3.63) is 70.5 Å². The van der Waals surface area contributed by atoms with Crippen molar-refractivity contribution in [1.82, 2.24) is 20.0 Å². The van der Waals surface area contributed by atoms with Crippen LogP contribution in [0.4, 0.5) is 0 Å². The first-order valence-corrected chi connectivity index (χ1v) is 13.9. The van der Waals surface area contributed by atoms with Crippen molar-refractivity contribution < 1.29 is 0 Å². The predicted molar refractivity (Wildman–Crippen MR) is 146 cm³/mol. The first-order chi connectivity index (χ1) is 17.2. The lowest BCUT2D eigenvalue weighted by atomic mass is 9.82. The Morgan fingerprint density at radius 3 is 2.57 bits per heavy atom. The first kappa shape index (κ1) is 24.4. The van der Waals surface area contributed by atoms with Crippen LogP contribution in [0, 0.1) is 0 Å². The number of hydrogen-bond donors (Lipinski definition) is 0. The van der Waals surface area contributed by atoms with E-state index in [0.29, 0.717) is 12.0 Å². The number of hydrogen-bond acceptors (Lipinski definition) is 4. The molecule has 0 amide bonds. The Morgan fingerprint density at radius 2 is 1.71 bits per heavy atom. The summed E-state index contributed by atoms with van der Waals surface area (Å²) in [7, 11) is 2.33. The van der Waals surface area contributed by atoms with Gasteiger partial charge in [-0.2, -0.15) is 5.10 Å². The van der Waals surface area contributed by atoms with Gasteiger partial charge >= 0.3 is 0 Å². The molecular formula is C31H42N4. The number of allylic oxidation sites excluding steroid dienone is 4. The van der Waals surface area contributed by atoms with Crippen LogP contribution in [0.15, 0.2) is 53.6 Å². The van der Waals surface area contributed by atoms with Gasteiger partial charge in [-0.05, 0) is 94.3 Å². The number of aromatic nitrogens is 2. The van der Waals surface area contributed by atoms with E-state index < -0.39 is 0 Å². The fourth-order valence-corrected chi connectivity index (χ4v) is 6.42. The molecule has 2 unspecified atom stereocenters. The average Bonchev–Trinajstić information content (AvgIpc) is 3.23. The Hall–Kier alpha value is -2.30. The maximum atomic E-state index is 4.87. The highest BCUT2D eigenvalue weighted by atomic mass is 15.2. The van der Waals surface area contributed by atoms with Crippen LogP contribution in [0.25, 0.3) is 11.3 Å². The molecule has 1 aromatic heterocycles. The molecule has 2 atom stereocenters. The van der Waals surface area contributed by atoms with Gasteiger partial charge in [0.15, 0.2) is 0 Å². The summed E-state index contributed by atoms with van der Waals surface area (Å²) in [4.78, 5) is 5.15. The molecule has 0 N–H and O–H groups in total. The molecule has 186 valence electrons. The number of aryl methyl sites for hydroxylation is 2. The van der Waals surface area contributed by atoms with Crippen LogP contribution < -0.4 is 0 Å². The van der Waals surface area contributed by atoms with Crippen LogP contribution in [0.3, 0.4) is 0 Å². The summed E-state index contributed by atoms with van der Waals surface area (Å²) in [6.07, 6.45) is 14.2. The normalized spacial score (nSPS) is 22.0. The van der Waals surface area contributed by atoms with Gasteiger partial charge in [-0.15, -0.1) is 5.10 Å². The van der Waals surface area contributed by atoms with Gasteiger partial charge in [0.25, 0.3) is 0 Å². The quantitative estimate of drug-likeness (QED) is 0.483. The van der Waals surface area contributed by atoms with Crippen molar-refractivity contribution in [3.63, 3.8) is 0 Å². The molecule has 1 aromatic carbocycles. The SMILES string of the molecule is CCN(CC)CCN(C)C1CCC2=C(CC1)C(c1cc3c(nn1)-c1ccccc1CCC3)CC=C2. The third-order valence-electron chi connectivity index (χ3n) is 8.72. The van der Waals surface area contributed by atoms with Crippen LogP contribution in [0.1, 0.15) is 75.1 Å². The van der Waals surface area contributed by atoms with Crippen LogP contribution in [-0.2, 0) is 12.8 Å². The van der Waals surface area contributed by atoms with Gasteiger partial charge in [-0.3, -0.25) is 0 Å². The summed E-state index contributed by atoms with van der Waals surface area (Å²) >= 11 is 0. The number of nitrogens with zero attached hydrogens (tertiary/aromatic N) is 4. The Morgan fingerprint density at radius 1 is 0.914 bits per heavy atom. The fourth-order valence-electron chi connectivity index (χ4n) is 6.42. The summed E-state index contributed by atoms with van der Waals surface area (Å²) < 4.78 is 0. The van der Waals surface area contributed by atoms with Gasteiger partial charge in [-0.1, -0.05) is 55.8 Å². The third kappa shape index (κ3) is 5.29. The Balaban J connectivity index is 1.32. The van der Waals surface area contributed by atoms with Crippen molar-refractivity contribution in [2.75, 3.05) is 33.2 Å². The molecule has 1 heterocycles. The Labute approximate surface area is 212 Å². The lowest BCUT2D eigenvalue weighted by Gasteiger charge is -2.30. The fraction of sp³-hybridized carbons (Fsp3) is 0.548. The summed E-state index contributed by atoms with van der Waals surface area (Å²) in [6.45, 7) is 9.15. The molecule has 0 fully saturated rings. The second kappa shape index (κ2) is 11.2. The van der Waals surface area contributed by atoms with Crippen molar-refractivity contribution in [3.8, 4) is 11.3 Å². The zero-order chi connectivity index (χ0) is 24.2. The molecule has 5 rings (SSSR count). The second-order valence-corrected chi connectivity index (χ2v) is 10.6. The van der Waals surface area contributed by atoms with Gasteiger partial charge in [0.2, 0.25) is 0 Å². The van der Waals surface area contributed by atoms with Gasteiger partial charge < -0.3 is 9.80 Å². The molecule has 2 aromatic rings. The molecule has 0 bridgehead atoms. The van der Waals surface area contributed by atoms with Gasteiger partial charge in [-0.25, -0.2) is 0 Å². The van der Waals surface area contributed by atoms with E-state index >= 15 is 0 Å². The number of fused-ring (bicyclic) bond motifs is 3. The minimum Gasteiger partial charge on any atom is -0.303 e. The Kier molecular flexibility index (Phi) is 7.79. The Bertz CT molecular complexity index is 1080. The summed E-state index contributed by atoms with van der Waals surface area (Å²) in [5, 5.41) is 9.71. The summed E-state index contributed by atoms with van der Waals surface area (Å²) in [5.74, 6) is 0.394. The molecule has 0 saturated carbocycles. The third-order valence-corrected chi connectivity index (χ3v) is 8.72. The maximum absolute atomic E-state index is 4.87. The van der Waals surface area contributed by atoms with Crippen LogP contribution in [0.5, 0.6) is 0 Å².